The largest absolute Gasteiger partial charge is 0.492 e. The Morgan fingerprint density at radius 3 is 2.89 bits per heavy atom. The van der Waals surface area contributed by atoms with Crippen LogP contribution in [0.1, 0.15) is 6.92 Å². The van der Waals surface area contributed by atoms with E-state index in [0.29, 0.717) is 25.4 Å². The first kappa shape index (κ1) is 16.7. The zero-order valence-electron chi connectivity index (χ0n) is 10.2. The van der Waals surface area contributed by atoms with E-state index in [4.69, 9.17) is 10.5 Å². The summed E-state index contributed by atoms with van der Waals surface area (Å²) in [6, 6.07) is 5.87. The number of benzene rings is 1. The molecule has 1 atom stereocenters. The van der Waals surface area contributed by atoms with Gasteiger partial charge in [0.25, 0.3) is 0 Å². The van der Waals surface area contributed by atoms with E-state index >= 15 is 0 Å². The molecule has 0 aromatic heterocycles. The summed E-state index contributed by atoms with van der Waals surface area (Å²) in [6.07, 6.45) is 0. The summed E-state index contributed by atoms with van der Waals surface area (Å²) >= 11 is 0. The Bertz CT molecular complexity index is 377. The molecule has 0 saturated heterocycles. The van der Waals surface area contributed by atoms with Crippen LogP contribution in [0.25, 0.3) is 0 Å². The number of carbonyl (C=O) groups excluding carboxylic acids is 1. The van der Waals surface area contributed by atoms with Gasteiger partial charge in [0.1, 0.15) is 18.2 Å². The first-order chi connectivity index (χ1) is 8.13. The molecule has 1 amide bonds. The number of ether oxygens (including phenoxy) is 1. The summed E-state index contributed by atoms with van der Waals surface area (Å²) in [5.41, 5.74) is 5.35. The van der Waals surface area contributed by atoms with Crippen LogP contribution < -0.4 is 15.8 Å². The van der Waals surface area contributed by atoms with Crippen molar-refractivity contribution in [3.63, 3.8) is 0 Å². The summed E-state index contributed by atoms with van der Waals surface area (Å²) in [5, 5.41) is 2.68. The Hall–Kier alpha value is -1.33. The summed E-state index contributed by atoms with van der Waals surface area (Å²) in [4.78, 5) is 11.3. The minimum absolute atomic E-state index is 0. The summed E-state index contributed by atoms with van der Waals surface area (Å²) in [5.74, 6) is -0.200. The number of nitrogens with one attached hydrogen (secondary N) is 1. The minimum Gasteiger partial charge on any atom is -0.492 e. The van der Waals surface area contributed by atoms with Crippen molar-refractivity contribution < 1.29 is 13.9 Å². The van der Waals surface area contributed by atoms with Crippen LogP contribution in [0.15, 0.2) is 24.3 Å². The molecule has 0 bridgehead atoms. The monoisotopic (exact) mass is 276 g/mol. The molecular formula is C12H18ClFN2O2. The standard InChI is InChI=1S/C12H17FN2O2.ClH/c1-9(8-14)12(16)15-5-6-17-11-4-2-3-10(13)7-11;/h2-4,7,9H,5-6,8,14H2,1H3,(H,15,16);1H. The normalized spacial score (nSPS) is 11.3. The van der Waals surface area contributed by atoms with Gasteiger partial charge in [0, 0.05) is 18.5 Å². The summed E-state index contributed by atoms with van der Waals surface area (Å²) in [7, 11) is 0. The Labute approximate surface area is 112 Å². The molecule has 0 radical (unpaired) electrons. The fourth-order valence-corrected chi connectivity index (χ4v) is 1.18. The van der Waals surface area contributed by atoms with Crippen LogP contribution in [-0.4, -0.2) is 25.6 Å². The van der Waals surface area contributed by atoms with E-state index in [-0.39, 0.29) is 30.0 Å². The smallest absolute Gasteiger partial charge is 0.224 e. The molecular weight excluding hydrogens is 259 g/mol. The van der Waals surface area contributed by atoms with Crippen molar-refractivity contribution in [3.8, 4) is 5.75 Å². The first-order valence-electron chi connectivity index (χ1n) is 5.49. The molecule has 0 aliphatic rings. The van der Waals surface area contributed by atoms with E-state index in [0.717, 1.165) is 0 Å². The summed E-state index contributed by atoms with van der Waals surface area (Å²) < 4.78 is 18.1. The Kier molecular flexibility index (Phi) is 8.07. The van der Waals surface area contributed by atoms with Crippen LogP contribution in [0.3, 0.4) is 0 Å². The first-order valence-corrected chi connectivity index (χ1v) is 5.49. The number of rotatable bonds is 6. The van der Waals surface area contributed by atoms with Crippen LogP contribution in [0.4, 0.5) is 4.39 Å². The van der Waals surface area contributed by atoms with E-state index in [1.165, 1.54) is 12.1 Å². The van der Waals surface area contributed by atoms with E-state index < -0.39 is 0 Å². The van der Waals surface area contributed by atoms with Gasteiger partial charge in [-0.3, -0.25) is 4.79 Å². The van der Waals surface area contributed by atoms with E-state index in [9.17, 15) is 9.18 Å². The molecule has 102 valence electrons. The van der Waals surface area contributed by atoms with E-state index in [1.54, 1.807) is 19.1 Å². The fourth-order valence-electron chi connectivity index (χ4n) is 1.18. The molecule has 1 aromatic carbocycles. The maximum absolute atomic E-state index is 12.8. The number of halogens is 2. The van der Waals surface area contributed by atoms with Crippen molar-refractivity contribution in [2.75, 3.05) is 19.7 Å². The topological polar surface area (TPSA) is 64.4 Å². The zero-order chi connectivity index (χ0) is 12.7. The van der Waals surface area contributed by atoms with Crippen molar-refractivity contribution in [1.29, 1.82) is 0 Å². The number of nitrogens with two attached hydrogens (primary N) is 1. The molecule has 0 saturated carbocycles. The highest BCUT2D eigenvalue weighted by Gasteiger charge is 2.09. The predicted molar refractivity (Wildman–Crippen MR) is 70.4 cm³/mol. The van der Waals surface area contributed by atoms with E-state index in [2.05, 4.69) is 5.32 Å². The number of carbonyl (C=O) groups is 1. The van der Waals surface area contributed by atoms with Crippen LogP contribution in [0, 0.1) is 11.7 Å². The molecule has 0 fully saturated rings. The highest BCUT2D eigenvalue weighted by molar-refractivity contribution is 5.85. The Morgan fingerprint density at radius 1 is 1.56 bits per heavy atom. The molecule has 3 N–H and O–H groups in total. The lowest BCUT2D eigenvalue weighted by atomic mass is 10.2. The third-order valence-corrected chi connectivity index (χ3v) is 2.27. The maximum atomic E-state index is 12.8. The molecule has 0 aliphatic carbocycles. The second-order valence-electron chi connectivity index (χ2n) is 3.73. The van der Waals surface area contributed by atoms with Crippen molar-refractivity contribution in [1.82, 2.24) is 5.32 Å². The molecule has 0 spiro atoms. The van der Waals surface area contributed by atoms with Gasteiger partial charge in [-0.15, -0.1) is 12.4 Å². The second-order valence-corrected chi connectivity index (χ2v) is 3.73. The lowest BCUT2D eigenvalue weighted by molar-refractivity contribution is -0.124. The van der Waals surface area contributed by atoms with Gasteiger partial charge in [0.05, 0.1) is 6.54 Å². The molecule has 6 heteroatoms. The molecule has 4 nitrogen and oxygen atoms in total. The molecule has 0 aliphatic heterocycles. The van der Waals surface area contributed by atoms with Gasteiger partial charge in [-0.25, -0.2) is 4.39 Å². The van der Waals surface area contributed by atoms with Gasteiger partial charge in [-0.1, -0.05) is 13.0 Å². The van der Waals surface area contributed by atoms with Crippen LogP contribution in [0.5, 0.6) is 5.75 Å². The average Bonchev–Trinajstić information content (AvgIpc) is 2.33. The Morgan fingerprint density at radius 2 is 2.28 bits per heavy atom. The lowest BCUT2D eigenvalue weighted by Gasteiger charge is -2.10. The number of hydrogen-bond donors (Lipinski definition) is 2. The second kappa shape index (κ2) is 8.72. The maximum Gasteiger partial charge on any atom is 0.224 e. The molecule has 18 heavy (non-hydrogen) atoms. The lowest BCUT2D eigenvalue weighted by Crippen LogP contribution is -2.35. The van der Waals surface area contributed by atoms with Crippen molar-refractivity contribution in [3.05, 3.63) is 30.1 Å². The molecule has 1 unspecified atom stereocenters. The highest BCUT2D eigenvalue weighted by Crippen LogP contribution is 2.11. The predicted octanol–water partition coefficient (Wildman–Crippen LogP) is 1.34. The van der Waals surface area contributed by atoms with Gasteiger partial charge in [0.2, 0.25) is 5.91 Å². The van der Waals surface area contributed by atoms with Gasteiger partial charge in [-0.2, -0.15) is 0 Å². The third-order valence-electron chi connectivity index (χ3n) is 2.27. The number of hydrogen-bond acceptors (Lipinski definition) is 3. The fraction of sp³-hybridized carbons (Fsp3) is 0.417. The SMILES string of the molecule is CC(CN)C(=O)NCCOc1cccc(F)c1.Cl. The van der Waals surface area contributed by atoms with Gasteiger partial charge in [0.15, 0.2) is 0 Å². The van der Waals surface area contributed by atoms with Crippen molar-refractivity contribution in [2.24, 2.45) is 11.7 Å². The van der Waals surface area contributed by atoms with Crippen LogP contribution in [-0.2, 0) is 4.79 Å². The van der Waals surface area contributed by atoms with Crippen molar-refractivity contribution >= 4 is 18.3 Å². The minimum atomic E-state index is -0.344. The van der Waals surface area contributed by atoms with E-state index in [1.807, 2.05) is 0 Å². The Balaban J connectivity index is 0.00000289. The highest BCUT2D eigenvalue weighted by atomic mass is 35.5. The van der Waals surface area contributed by atoms with Crippen LogP contribution >= 0.6 is 12.4 Å². The van der Waals surface area contributed by atoms with Crippen LogP contribution in [0.2, 0.25) is 0 Å². The van der Waals surface area contributed by atoms with Gasteiger partial charge < -0.3 is 15.8 Å². The molecule has 0 heterocycles. The average molecular weight is 277 g/mol. The number of amides is 1. The quantitative estimate of drug-likeness (QED) is 0.771. The molecule has 1 aromatic rings. The van der Waals surface area contributed by atoms with Gasteiger partial charge >= 0.3 is 0 Å². The molecule has 1 rings (SSSR count). The zero-order valence-corrected chi connectivity index (χ0v) is 11.0. The third kappa shape index (κ3) is 5.84. The van der Waals surface area contributed by atoms with Crippen molar-refractivity contribution in [2.45, 2.75) is 6.92 Å². The van der Waals surface area contributed by atoms with Gasteiger partial charge in [-0.05, 0) is 12.1 Å². The summed E-state index contributed by atoms with van der Waals surface area (Å²) in [6.45, 7) is 2.74.